The van der Waals surface area contributed by atoms with Crippen LogP contribution in [0.3, 0.4) is 0 Å². The van der Waals surface area contributed by atoms with Crippen LogP contribution in [0.4, 0.5) is 0 Å². The third-order valence-electron chi connectivity index (χ3n) is 5.68. The molecule has 0 fully saturated rings. The normalized spacial score (nSPS) is 11.5. The maximum Gasteiger partial charge on any atom is 0.345 e. The lowest BCUT2D eigenvalue weighted by atomic mass is 10.2. The first-order valence-corrected chi connectivity index (χ1v) is 13.2. The molecule has 0 heterocycles. The molecule has 0 aliphatic rings. The van der Waals surface area contributed by atoms with Crippen LogP contribution < -0.4 is 24.4 Å². The molecule has 0 unspecified atom stereocenters. The van der Waals surface area contributed by atoms with E-state index in [0.717, 1.165) is 5.56 Å². The molecule has 10 heteroatoms. The van der Waals surface area contributed by atoms with Gasteiger partial charge in [-0.2, -0.15) is 5.10 Å². The van der Waals surface area contributed by atoms with E-state index in [2.05, 4.69) is 10.5 Å². The second-order valence-corrected chi connectivity index (χ2v) is 9.51. The van der Waals surface area contributed by atoms with Gasteiger partial charge in [0.1, 0.15) is 18.1 Å². The lowest BCUT2D eigenvalue weighted by Gasteiger charge is -2.13. The van der Waals surface area contributed by atoms with Gasteiger partial charge in [0.2, 0.25) is 0 Å². The standard InChI is InChI=1S/C31H26Cl2N2O6/c1-20(40-25-12-10-24(11-13-25)39-19-21-6-4-3-5-7-21)30(36)35-34-18-22-8-15-28(29(16-22)38-2)41-31(37)26-14-9-23(32)17-27(26)33/h3-18,20H,19H2,1-2H3,(H,35,36)/b34-18-/t20-/m1/s1. The number of carbonyl (C=O) groups excluding carboxylic acids is 2. The summed E-state index contributed by atoms with van der Waals surface area (Å²) < 4.78 is 22.3. The minimum Gasteiger partial charge on any atom is -0.493 e. The van der Waals surface area contributed by atoms with Gasteiger partial charge in [-0.3, -0.25) is 4.79 Å². The molecule has 41 heavy (non-hydrogen) atoms. The van der Waals surface area contributed by atoms with Crippen molar-refractivity contribution in [2.45, 2.75) is 19.6 Å². The van der Waals surface area contributed by atoms with Crippen LogP contribution in [-0.2, 0) is 11.4 Å². The molecule has 1 amide bonds. The molecular formula is C31H26Cl2N2O6. The molecular weight excluding hydrogens is 567 g/mol. The van der Waals surface area contributed by atoms with Crippen LogP contribution in [0.15, 0.2) is 96.1 Å². The van der Waals surface area contributed by atoms with Crippen molar-refractivity contribution in [2.75, 3.05) is 7.11 Å². The highest BCUT2D eigenvalue weighted by Crippen LogP contribution is 2.30. The molecule has 0 aromatic heterocycles. The Hall–Kier alpha value is -4.53. The number of esters is 1. The number of amides is 1. The topological polar surface area (TPSA) is 95.5 Å². The molecule has 8 nitrogen and oxygen atoms in total. The van der Waals surface area contributed by atoms with E-state index in [9.17, 15) is 9.59 Å². The summed E-state index contributed by atoms with van der Waals surface area (Å²) >= 11 is 12.0. The average Bonchev–Trinajstić information content (AvgIpc) is 2.97. The SMILES string of the molecule is COc1cc(/C=N\NC(=O)[C@@H](C)Oc2ccc(OCc3ccccc3)cc2)ccc1OC(=O)c1ccc(Cl)cc1Cl. The number of nitrogens with zero attached hydrogens (tertiary/aromatic N) is 1. The molecule has 0 saturated carbocycles. The van der Waals surface area contributed by atoms with Crippen LogP contribution in [0.5, 0.6) is 23.0 Å². The summed E-state index contributed by atoms with van der Waals surface area (Å²) in [7, 11) is 1.44. The molecule has 4 rings (SSSR count). The smallest absolute Gasteiger partial charge is 0.345 e. The molecule has 4 aromatic rings. The second-order valence-electron chi connectivity index (χ2n) is 8.66. The number of hydrogen-bond acceptors (Lipinski definition) is 7. The molecule has 0 spiro atoms. The maximum absolute atomic E-state index is 12.5. The number of nitrogens with one attached hydrogen (secondary N) is 1. The summed E-state index contributed by atoms with van der Waals surface area (Å²) in [6.45, 7) is 2.07. The minimum absolute atomic E-state index is 0.162. The first-order chi connectivity index (χ1) is 19.8. The molecule has 0 bridgehead atoms. The summed E-state index contributed by atoms with van der Waals surface area (Å²) in [5.41, 5.74) is 4.26. The summed E-state index contributed by atoms with van der Waals surface area (Å²) in [6.07, 6.45) is 0.618. The quantitative estimate of drug-likeness (QED) is 0.0899. The van der Waals surface area contributed by atoms with E-state index in [4.69, 9.17) is 42.1 Å². The van der Waals surface area contributed by atoms with Gasteiger partial charge < -0.3 is 18.9 Å². The lowest BCUT2D eigenvalue weighted by Crippen LogP contribution is -2.33. The fourth-order valence-corrected chi connectivity index (χ4v) is 4.02. The van der Waals surface area contributed by atoms with Crippen LogP contribution in [-0.4, -0.2) is 31.3 Å². The number of carbonyl (C=O) groups is 2. The first-order valence-electron chi connectivity index (χ1n) is 12.4. The Balaban J connectivity index is 1.28. The van der Waals surface area contributed by atoms with E-state index < -0.39 is 18.0 Å². The number of hydrazone groups is 1. The zero-order valence-electron chi connectivity index (χ0n) is 22.2. The van der Waals surface area contributed by atoms with Gasteiger partial charge in [0, 0.05) is 5.02 Å². The van der Waals surface area contributed by atoms with Gasteiger partial charge in [-0.05, 0) is 78.7 Å². The van der Waals surface area contributed by atoms with Gasteiger partial charge >= 0.3 is 5.97 Å². The Labute approximate surface area is 247 Å². The summed E-state index contributed by atoms with van der Waals surface area (Å²) in [6, 6.07) is 26.1. The Morgan fingerprint density at radius 1 is 0.902 bits per heavy atom. The number of methoxy groups -OCH3 is 1. The van der Waals surface area contributed by atoms with E-state index in [1.54, 1.807) is 55.5 Å². The number of hydrogen-bond donors (Lipinski definition) is 1. The van der Waals surface area contributed by atoms with Crippen molar-refractivity contribution in [3.63, 3.8) is 0 Å². The van der Waals surface area contributed by atoms with Crippen molar-refractivity contribution in [2.24, 2.45) is 5.10 Å². The van der Waals surface area contributed by atoms with E-state index in [-0.39, 0.29) is 22.1 Å². The van der Waals surface area contributed by atoms with Gasteiger partial charge in [0.05, 0.1) is 23.9 Å². The fourth-order valence-electron chi connectivity index (χ4n) is 3.53. The summed E-state index contributed by atoms with van der Waals surface area (Å²) in [5, 5.41) is 4.56. The first kappa shape index (κ1) is 29.5. The molecule has 1 atom stereocenters. The lowest BCUT2D eigenvalue weighted by molar-refractivity contribution is -0.127. The van der Waals surface area contributed by atoms with Crippen molar-refractivity contribution in [1.29, 1.82) is 0 Å². The Kier molecular flexibility index (Phi) is 10.2. The van der Waals surface area contributed by atoms with Gasteiger partial charge in [0.15, 0.2) is 17.6 Å². The predicted octanol–water partition coefficient (Wildman–Crippen LogP) is 6.72. The zero-order chi connectivity index (χ0) is 29.2. The third kappa shape index (κ3) is 8.48. The number of rotatable bonds is 11. The van der Waals surface area contributed by atoms with Crippen LogP contribution in [0.1, 0.15) is 28.4 Å². The highest BCUT2D eigenvalue weighted by Gasteiger charge is 2.17. The number of halogens is 2. The van der Waals surface area contributed by atoms with Crippen LogP contribution in [0.2, 0.25) is 10.0 Å². The van der Waals surface area contributed by atoms with Crippen molar-refractivity contribution >= 4 is 41.3 Å². The van der Waals surface area contributed by atoms with E-state index in [1.165, 1.54) is 25.5 Å². The van der Waals surface area contributed by atoms with Crippen molar-refractivity contribution in [3.05, 3.63) is 118 Å². The predicted molar refractivity (Wildman–Crippen MR) is 157 cm³/mol. The van der Waals surface area contributed by atoms with Gasteiger partial charge in [0.25, 0.3) is 5.91 Å². The third-order valence-corrected chi connectivity index (χ3v) is 6.23. The molecule has 4 aromatic carbocycles. The summed E-state index contributed by atoms with van der Waals surface area (Å²) in [4.78, 5) is 25.0. The van der Waals surface area contributed by atoms with Crippen LogP contribution in [0, 0.1) is 0 Å². The zero-order valence-corrected chi connectivity index (χ0v) is 23.7. The van der Waals surface area contributed by atoms with Crippen LogP contribution in [0.25, 0.3) is 0 Å². The largest absolute Gasteiger partial charge is 0.493 e. The van der Waals surface area contributed by atoms with Crippen molar-refractivity contribution < 1.29 is 28.5 Å². The number of benzene rings is 4. The Morgan fingerprint density at radius 2 is 1.63 bits per heavy atom. The minimum atomic E-state index is -0.806. The molecule has 0 saturated heterocycles. The maximum atomic E-state index is 12.5. The van der Waals surface area contributed by atoms with E-state index in [0.29, 0.717) is 28.7 Å². The monoisotopic (exact) mass is 592 g/mol. The molecule has 0 aliphatic carbocycles. The highest BCUT2D eigenvalue weighted by molar-refractivity contribution is 6.36. The second kappa shape index (κ2) is 14.2. The fraction of sp³-hybridized carbons (Fsp3) is 0.129. The average molecular weight is 593 g/mol. The van der Waals surface area contributed by atoms with E-state index >= 15 is 0 Å². The summed E-state index contributed by atoms with van der Waals surface area (Å²) in [5.74, 6) is 0.561. The Bertz CT molecular complexity index is 1530. The van der Waals surface area contributed by atoms with Crippen LogP contribution >= 0.6 is 23.2 Å². The molecule has 0 radical (unpaired) electrons. The molecule has 1 N–H and O–H groups in total. The highest BCUT2D eigenvalue weighted by atomic mass is 35.5. The number of ether oxygens (including phenoxy) is 4. The van der Waals surface area contributed by atoms with Gasteiger partial charge in [-0.15, -0.1) is 0 Å². The van der Waals surface area contributed by atoms with E-state index in [1.807, 2.05) is 30.3 Å². The molecule has 0 aliphatic heterocycles. The molecule has 210 valence electrons. The van der Waals surface area contributed by atoms with Crippen molar-refractivity contribution in [3.8, 4) is 23.0 Å². The van der Waals surface area contributed by atoms with Crippen molar-refractivity contribution in [1.82, 2.24) is 5.43 Å². The van der Waals surface area contributed by atoms with Gasteiger partial charge in [-0.1, -0.05) is 53.5 Å². The van der Waals surface area contributed by atoms with Gasteiger partial charge in [-0.25, -0.2) is 10.2 Å². The Morgan fingerprint density at radius 3 is 2.34 bits per heavy atom.